The van der Waals surface area contributed by atoms with Crippen LogP contribution in [0.2, 0.25) is 5.02 Å². The van der Waals surface area contributed by atoms with Crippen LogP contribution < -0.4 is 10.1 Å². The number of methoxy groups -OCH3 is 1. The summed E-state index contributed by atoms with van der Waals surface area (Å²) in [6, 6.07) is 3.39. The van der Waals surface area contributed by atoms with E-state index < -0.39 is 0 Å². The summed E-state index contributed by atoms with van der Waals surface area (Å²) >= 11 is 5.97. The van der Waals surface area contributed by atoms with Gasteiger partial charge >= 0.3 is 0 Å². The van der Waals surface area contributed by atoms with E-state index in [1.807, 2.05) is 0 Å². The average Bonchev–Trinajstić information content (AvgIpc) is 3.16. The molecule has 0 amide bonds. The fourth-order valence-corrected chi connectivity index (χ4v) is 2.29. The Balaban J connectivity index is 1.81. The highest BCUT2D eigenvalue weighted by atomic mass is 35.5. The SMILES string of the molecule is COc1cc(Cl)cc(CNCCCC2CC2)c1O. The molecule has 18 heavy (non-hydrogen) atoms. The zero-order chi connectivity index (χ0) is 13.0. The molecule has 100 valence electrons. The lowest BCUT2D eigenvalue weighted by atomic mass is 10.1. The summed E-state index contributed by atoms with van der Waals surface area (Å²) < 4.78 is 5.07. The zero-order valence-electron chi connectivity index (χ0n) is 10.7. The Kier molecular flexibility index (Phi) is 4.72. The van der Waals surface area contributed by atoms with Crippen molar-refractivity contribution in [3.05, 3.63) is 22.7 Å². The van der Waals surface area contributed by atoms with Gasteiger partial charge in [0.15, 0.2) is 11.5 Å². The number of hydrogen-bond donors (Lipinski definition) is 2. The maximum absolute atomic E-state index is 9.94. The van der Waals surface area contributed by atoms with E-state index in [0.717, 1.165) is 18.0 Å². The fraction of sp³-hybridized carbons (Fsp3) is 0.571. The van der Waals surface area contributed by atoms with Gasteiger partial charge in [0.05, 0.1) is 7.11 Å². The molecule has 0 atom stereocenters. The van der Waals surface area contributed by atoms with Gasteiger partial charge in [-0.3, -0.25) is 0 Å². The second kappa shape index (κ2) is 6.30. The highest BCUT2D eigenvalue weighted by molar-refractivity contribution is 6.30. The molecule has 0 unspecified atom stereocenters. The van der Waals surface area contributed by atoms with Crippen LogP contribution in [-0.4, -0.2) is 18.8 Å². The molecular formula is C14H20ClNO2. The standard InChI is InChI=1S/C14H20ClNO2/c1-18-13-8-12(15)7-11(14(13)17)9-16-6-2-3-10-4-5-10/h7-8,10,16-17H,2-6,9H2,1H3. The largest absolute Gasteiger partial charge is 0.504 e. The molecule has 0 heterocycles. The summed E-state index contributed by atoms with van der Waals surface area (Å²) in [7, 11) is 1.53. The number of nitrogens with one attached hydrogen (secondary N) is 1. The molecule has 1 aromatic carbocycles. The molecule has 0 radical (unpaired) electrons. The summed E-state index contributed by atoms with van der Waals surface area (Å²) in [6.45, 7) is 1.60. The van der Waals surface area contributed by atoms with Crippen LogP contribution in [0, 0.1) is 5.92 Å². The number of benzene rings is 1. The van der Waals surface area contributed by atoms with Crippen molar-refractivity contribution < 1.29 is 9.84 Å². The number of ether oxygens (including phenoxy) is 1. The van der Waals surface area contributed by atoms with Gasteiger partial charge in [-0.15, -0.1) is 0 Å². The zero-order valence-corrected chi connectivity index (χ0v) is 11.5. The predicted molar refractivity (Wildman–Crippen MR) is 73.3 cm³/mol. The number of aromatic hydroxyl groups is 1. The van der Waals surface area contributed by atoms with Crippen molar-refractivity contribution in [3.8, 4) is 11.5 Å². The van der Waals surface area contributed by atoms with Crippen LogP contribution in [0.1, 0.15) is 31.2 Å². The van der Waals surface area contributed by atoms with Crippen molar-refractivity contribution in [2.24, 2.45) is 5.92 Å². The monoisotopic (exact) mass is 269 g/mol. The van der Waals surface area contributed by atoms with Crippen molar-refractivity contribution in [1.82, 2.24) is 5.32 Å². The molecule has 0 bridgehead atoms. The average molecular weight is 270 g/mol. The second-order valence-corrected chi connectivity index (χ2v) is 5.31. The Hall–Kier alpha value is -0.930. The molecule has 0 saturated heterocycles. The quantitative estimate of drug-likeness (QED) is 0.746. The van der Waals surface area contributed by atoms with E-state index in [1.54, 1.807) is 12.1 Å². The minimum Gasteiger partial charge on any atom is -0.504 e. The number of phenols is 1. The highest BCUT2D eigenvalue weighted by Gasteiger charge is 2.19. The van der Waals surface area contributed by atoms with Gasteiger partial charge in [-0.2, -0.15) is 0 Å². The third kappa shape index (κ3) is 3.79. The summed E-state index contributed by atoms with van der Waals surface area (Å²) in [5.41, 5.74) is 0.783. The van der Waals surface area contributed by atoms with Crippen molar-refractivity contribution >= 4 is 11.6 Å². The van der Waals surface area contributed by atoms with Crippen molar-refractivity contribution in [1.29, 1.82) is 0 Å². The molecule has 3 nitrogen and oxygen atoms in total. The molecular weight excluding hydrogens is 250 g/mol. The molecule has 1 aliphatic rings. The number of phenolic OH excluding ortho intramolecular Hbond substituents is 1. The van der Waals surface area contributed by atoms with E-state index in [0.29, 0.717) is 17.3 Å². The van der Waals surface area contributed by atoms with Crippen LogP contribution in [0.5, 0.6) is 11.5 Å². The van der Waals surface area contributed by atoms with E-state index in [1.165, 1.54) is 32.8 Å². The Labute approximate surface area is 113 Å². The lowest BCUT2D eigenvalue weighted by Gasteiger charge is -2.10. The lowest BCUT2D eigenvalue weighted by molar-refractivity contribution is 0.369. The lowest BCUT2D eigenvalue weighted by Crippen LogP contribution is -2.15. The van der Waals surface area contributed by atoms with Crippen LogP contribution in [0.15, 0.2) is 12.1 Å². The Bertz CT molecular complexity index is 405. The minimum absolute atomic E-state index is 0.177. The topological polar surface area (TPSA) is 41.5 Å². The molecule has 1 aliphatic carbocycles. The van der Waals surface area contributed by atoms with Crippen molar-refractivity contribution in [2.75, 3.05) is 13.7 Å². The summed E-state index contributed by atoms with van der Waals surface area (Å²) in [6.07, 6.45) is 5.33. The van der Waals surface area contributed by atoms with Gasteiger partial charge in [0.2, 0.25) is 0 Å². The molecule has 1 saturated carbocycles. The fourth-order valence-electron chi connectivity index (χ4n) is 2.06. The Morgan fingerprint density at radius 1 is 1.44 bits per heavy atom. The van der Waals surface area contributed by atoms with Crippen LogP contribution in [0.25, 0.3) is 0 Å². The van der Waals surface area contributed by atoms with Crippen LogP contribution in [0.4, 0.5) is 0 Å². The maximum atomic E-state index is 9.94. The van der Waals surface area contributed by atoms with Gasteiger partial charge < -0.3 is 15.2 Å². The first-order chi connectivity index (χ1) is 8.70. The van der Waals surface area contributed by atoms with Gasteiger partial charge in [-0.25, -0.2) is 0 Å². The molecule has 0 aliphatic heterocycles. The molecule has 2 N–H and O–H groups in total. The van der Waals surface area contributed by atoms with Gasteiger partial charge in [0.25, 0.3) is 0 Å². The van der Waals surface area contributed by atoms with Crippen LogP contribution >= 0.6 is 11.6 Å². The molecule has 0 aromatic heterocycles. The summed E-state index contributed by atoms with van der Waals surface area (Å²) in [5.74, 6) is 1.58. The first-order valence-electron chi connectivity index (χ1n) is 6.47. The van der Waals surface area contributed by atoms with E-state index in [9.17, 15) is 5.11 Å². The number of halogens is 1. The summed E-state index contributed by atoms with van der Waals surface area (Å²) in [5, 5.41) is 13.9. The van der Waals surface area contributed by atoms with E-state index >= 15 is 0 Å². The molecule has 4 heteroatoms. The Morgan fingerprint density at radius 2 is 2.22 bits per heavy atom. The third-order valence-corrected chi connectivity index (χ3v) is 3.54. The Morgan fingerprint density at radius 3 is 2.89 bits per heavy atom. The van der Waals surface area contributed by atoms with Crippen LogP contribution in [-0.2, 0) is 6.54 Å². The van der Waals surface area contributed by atoms with Crippen LogP contribution in [0.3, 0.4) is 0 Å². The van der Waals surface area contributed by atoms with Gasteiger partial charge in [-0.05, 0) is 31.4 Å². The third-order valence-electron chi connectivity index (χ3n) is 3.32. The van der Waals surface area contributed by atoms with Crippen molar-refractivity contribution in [3.63, 3.8) is 0 Å². The number of hydrogen-bond acceptors (Lipinski definition) is 3. The van der Waals surface area contributed by atoms with Gasteiger partial charge in [0.1, 0.15) is 0 Å². The van der Waals surface area contributed by atoms with E-state index in [-0.39, 0.29) is 5.75 Å². The summed E-state index contributed by atoms with van der Waals surface area (Å²) in [4.78, 5) is 0. The van der Waals surface area contributed by atoms with Crippen molar-refractivity contribution in [2.45, 2.75) is 32.2 Å². The molecule has 1 aromatic rings. The number of rotatable bonds is 7. The van der Waals surface area contributed by atoms with E-state index in [4.69, 9.17) is 16.3 Å². The molecule has 1 fully saturated rings. The second-order valence-electron chi connectivity index (χ2n) is 4.88. The normalized spacial score (nSPS) is 14.8. The first-order valence-corrected chi connectivity index (χ1v) is 6.84. The van der Waals surface area contributed by atoms with Gasteiger partial charge in [-0.1, -0.05) is 24.4 Å². The maximum Gasteiger partial charge on any atom is 0.162 e. The molecule has 2 rings (SSSR count). The smallest absolute Gasteiger partial charge is 0.162 e. The van der Waals surface area contributed by atoms with E-state index in [2.05, 4.69) is 5.32 Å². The minimum atomic E-state index is 0.177. The molecule has 0 spiro atoms. The van der Waals surface area contributed by atoms with Gasteiger partial charge in [0, 0.05) is 23.2 Å². The predicted octanol–water partition coefficient (Wildman–Crippen LogP) is 3.33. The highest BCUT2D eigenvalue weighted by Crippen LogP contribution is 2.34. The first kappa shape index (κ1) is 13.5.